The molecular formula is C9H16O6. The van der Waals surface area contributed by atoms with E-state index in [1.54, 1.807) is 0 Å². The largest absolute Gasteiger partial charge is 0.480 e. The summed E-state index contributed by atoms with van der Waals surface area (Å²) in [5, 5.41) is 15.7. The molecule has 15 heavy (non-hydrogen) atoms. The molecule has 0 aliphatic carbocycles. The van der Waals surface area contributed by atoms with Crippen LogP contribution in [0.3, 0.4) is 0 Å². The Kier molecular flexibility index (Phi) is 13.5. The number of carbonyl (C=O) groups is 2. The molecule has 0 spiro atoms. The second-order valence-electron chi connectivity index (χ2n) is 2.19. The first kappa shape index (κ1) is 16.0. The normalized spacial score (nSPS) is 8.60. The molecule has 6 heteroatoms. The minimum atomic E-state index is -0.981. The molecule has 88 valence electrons. The van der Waals surface area contributed by atoms with Crippen molar-refractivity contribution in [3.63, 3.8) is 0 Å². The first-order valence-corrected chi connectivity index (χ1v) is 4.27. The Morgan fingerprint density at radius 3 is 2.07 bits per heavy atom. The van der Waals surface area contributed by atoms with Gasteiger partial charge in [0, 0.05) is 12.7 Å². The molecule has 6 nitrogen and oxygen atoms in total. The van der Waals surface area contributed by atoms with Gasteiger partial charge in [0.25, 0.3) is 0 Å². The maximum absolute atomic E-state index is 9.87. The van der Waals surface area contributed by atoms with Crippen molar-refractivity contribution in [2.75, 3.05) is 26.4 Å². The van der Waals surface area contributed by atoms with E-state index in [-0.39, 0.29) is 6.61 Å². The number of hydrogen-bond acceptors (Lipinski definition) is 4. The van der Waals surface area contributed by atoms with Gasteiger partial charge < -0.3 is 19.7 Å². The van der Waals surface area contributed by atoms with Gasteiger partial charge in [0.15, 0.2) is 0 Å². The zero-order chi connectivity index (χ0) is 12.1. The fourth-order valence-electron chi connectivity index (χ4n) is 0.422. The van der Waals surface area contributed by atoms with Crippen molar-refractivity contribution in [2.24, 2.45) is 0 Å². The third-order valence-electron chi connectivity index (χ3n) is 0.976. The molecule has 0 aromatic rings. The van der Waals surface area contributed by atoms with Crippen molar-refractivity contribution in [2.45, 2.75) is 6.92 Å². The molecule has 0 amide bonds. The average molecular weight is 220 g/mol. The van der Waals surface area contributed by atoms with Crippen LogP contribution in [0.1, 0.15) is 6.92 Å². The molecule has 0 atom stereocenters. The fraction of sp³-hybridized carbons (Fsp3) is 0.556. The van der Waals surface area contributed by atoms with Crippen LogP contribution < -0.4 is 0 Å². The van der Waals surface area contributed by atoms with Gasteiger partial charge in [0.1, 0.15) is 6.61 Å². The molecule has 0 saturated carbocycles. The minimum absolute atomic E-state index is 0.243. The summed E-state index contributed by atoms with van der Waals surface area (Å²) in [7, 11) is 0. The predicted molar refractivity (Wildman–Crippen MR) is 52.8 cm³/mol. The van der Waals surface area contributed by atoms with Crippen molar-refractivity contribution in [1.29, 1.82) is 0 Å². The van der Waals surface area contributed by atoms with Crippen LogP contribution in [0, 0.1) is 0 Å². The monoisotopic (exact) mass is 220 g/mol. The van der Waals surface area contributed by atoms with E-state index in [1.165, 1.54) is 0 Å². The second kappa shape index (κ2) is 12.6. The lowest BCUT2D eigenvalue weighted by Gasteiger charge is -1.99. The summed E-state index contributed by atoms with van der Waals surface area (Å²) in [6.45, 7) is 6.03. The van der Waals surface area contributed by atoms with E-state index in [1.807, 2.05) is 6.92 Å². The lowest BCUT2D eigenvalue weighted by Crippen LogP contribution is -2.11. The molecule has 0 aliphatic rings. The van der Waals surface area contributed by atoms with Gasteiger partial charge in [0.2, 0.25) is 0 Å². The first-order valence-electron chi connectivity index (χ1n) is 4.27. The second-order valence-corrected chi connectivity index (χ2v) is 2.19. The minimum Gasteiger partial charge on any atom is -0.480 e. The smallest absolute Gasteiger partial charge is 0.329 e. The van der Waals surface area contributed by atoms with E-state index in [9.17, 15) is 9.59 Å². The van der Waals surface area contributed by atoms with E-state index in [2.05, 4.69) is 11.3 Å². The summed E-state index contributed by atoms with van der Waals surface area (Å²) >= 11 is 0. The zero-order valence-corrected chi connectivity index (χ0v) is 8.64. The van der Waals surface area contributed by atoms with Gasteiger partial charge in [-0.15, -0.1) is 0 Å². The Hall–Kier alpha value is -1.40. The highest BCUT2D eigenvalue weighted by molar-refractivity contribution is 5.78. The molecule has 0 bridgehead atoms. The molecule has 0 heterocycles. The van der Waals surface area contributed by atoms with E-state index < -0.39 is 11.9 Å². The van der Waals surface area contributed by atoms with Crippen molar-refractivity contribution in [3.8, 4) is 0 Å². The maximum atomic E-state index is 9.87. The number of ether oxygens (including phenoxy) is 2. The van der Waals surface area contributed by atoms with E-state index >= 15 is 0 Å². The van der Waals surface area contributed by atoms with Crippen LogP contribution in [-0.2, 0) is 19.1 Å². The molecular weight excluding hydrogens is 204 g/mol. The number of carboxylic acids is 2. The molecule has 0 saturated heterocycles. The lowest BCUT2D eigenvalue weighted by molar-refractivity contribution is -0.142. The van der Waals surface area contributed by atoms with Crippen LogP contribution >= 0.6 is 0 Å². The predicted octanol–water partition coefficient (Wildman–Crippen LogP) is 0.381. The molecule has 2 N–H and O–H groups in total. The van der Waals surface area contributed by atoms with E-state index in [4.69, 9.17) is 14.9 Å². The van der Waals surface area contributed by atoms with Gasteiger partial charge in [-0.05, 0) is 6.92 Å². The summed E-state index contributed by atoms with van der Waals surface area (Å²) in [6, 6.07) is 0. The first-order chi connectivity index (χ1) is 7.04. The summed E-state index contributed by atoms with van der Waals surface area (Å²) < 4.78 is 9.57. The highest BCUT2D eigenvalue weighted by atomic mass is 16.5. The standard InChI is InChI=1S/C6H12O4.C3H4O2/c1-2-9-3-4-10-5-6(7)8;1-2-3(4)5/h2-5H2,1H3,(H,7,8);2H,1H2,(H,4,5). The van der Waals surface area contributed by atoms with Gasteiger partial charge in [-0.1, -0.05) is 6.58 Å². The van der Waals surface area contributed by atoms with Crippen LogP contribution in [-0.4, -0.2) is 48.6 Å². The average Bonchev–Trinajstić information content (AvgIpc) is 2.18. The number of carboxylic acid groups (broad SMARTS) is 2. The van der Waals surface area contributed by atoms with Crippen molar-refractivity contribution >= 4 is 11.9 Å². The molecule has 0 rings (SSSR count). The van der Waals surface area contributed by atoms with Crippen molar-refractivity contribution in [1.82, 2.24) is 0 Å². The Balaban J connectivity index is 0. The number of hydrogen-bond donors (Lipinski definition) is 2. The molecule has 0 aromatic heterocycles. The summed E-state index contributed by atoms with van der Waals surface area (Å²) in [4.78, 5) is 19.1. The van der Waals surface area contributed by atoms with Crippen LogP contribution in [0.15, 0.2) is 12.7 Å². The Morgan fingerprint density at radius 1 is 1.27 bits per heavy atom. The maximum Gasteiger partial charge on any atom is 0.329 e. The van der Waals surface area contributed by atoms with E-state index in [0.29, 0.717) is 19.8 Å². The Labute approximate surface area is 88.1 Å². The third kappa shape index (κ3) is 24.5. The van der Waals surface area contributed by atoms with E-state index in [0.717, 1.165) is 6.08 Å². The van der Waals surface area contributed by atoms with Crippen molar-refractivity contribution in [3.05, 3.63) is 12.7 Å². The fourth-order valence-corrected chi connectivity index (χ4v) is 0.422. The molecule has 0 fully saturated rings. The van der Waals surface area contributed by atoms with Crippen LogP contribution in [0.4, 0.5) is 0 Å². The Morgan fingerprint density at radius 2 is 1.73 bits per heavy atom. The Bertz CT molecular complexity index is 189. The number of aliphatic carboxylic acids is 2. The molecule has 0 aliphatic heterocycles. The lowest BCUT2D eigenvalue weighted by atomic mass is 10.7. The summed E-state index contributed by atoms with van der Waals surface area (Å²) in [5.41, 5.74) is 0. The van der Waals surface area contributed by atoms with Crippen LogP contribution in [0.2, 0.25) is 0 Å². The highest BCUT2D eigenvalue weighted by Crippen LogP contribution is 1.77. The van der Waals surface area contributed by atoms with Gasteiger partial charge in [0.05, 0.1) is 13.2 Å². The van der Waals surface area contributed by atoms with Crippen LogP contribution in [0.5, 0.6) is 0 Å². The SMILES string of the molecule is C=CC(=O)O.CCOCCOCC(=O)O. The van der Waals surface area contributed by atoms with Gasteiger partial charge in [-0.2, -0.15) is 0 Å². The summed E-state index contributed by atoms with van der Waals surface area (Å²) in [5.74, 6) is -1.93. The quantitative estimate of drug-likeness (QED) is 0.476. The van der Waals surface area contributed by atoms with Gasteiger partial charge in [-0.25, -0.2) is 9.59 Å². The number of rotatable bonds is 7. The third-order valence-corrected chi connectivity index (χ3v) is 0.976. The van der Waals surface area contributed by atoms with Crippen molar-refractivity contribution < 1.29 is 29.3 Å². The van der Waals surface area contributed by atoms with Gasteiger partial charge >= 0.3 is 11.9 Å². The topological polar surface area (TPSA) is 93.1 Å². The molecule has 0 aromatic carbocycles. The molecule has 0 unspecified atom stereocenters. The van der Waals surface area contributed by atoms with Crippen LogP contribution in [0.25, 0.3) is 0 Å². The zero-order valence-electron chi connectivity index (χ0n) is 8.64. The molecule has 0 radical (unpaired) electrons. The summed E-state index contributed by atoms with van der Waals surface area (Å²) in [6.07, 6.45) is 0.833. The van der Waals surface area contributed by atoms with Gasteiger partial charge in [-0.3, -0.25) is 0 Å². The highest BCUT2D eigenvalue weighted by Gasteiger charge is 1.94.